The highest BCUT2D eigenvalue weighted by Gasteiger charge is 2.31. The summed E-state index contributed by atoms with van der Waals surface area (Å²) in [5.74, 6) is 1.04. The van der Waals surface area contributed by atoms with E-state index in [1.165, 1.54) is 0 Å². The molecule has 100 valence electrons. The highest BCUT2D eigenvalue weighted by atomic mass is 16.3. The molecule has 0 radical (unpaired) electrons. The number of benzene rings is 1. The Morgan fingerprint density at radius 1 is 1.22 bits per heavy atom. The van der Waals surface area contributed by atoms with Crippen molar-refractivity contribution in [2.45, 2.75) is 44.8 Å². The Bertz CT molecular complexity index is 367. The molecular formula is C15H23NO2. The Morgan fingerprint density at radius 2 is 1.83 bits per heavy atom. The predicted molar refractivity (Wildman–Crippen MR) is 72.4 cm³/mol. The maximum atomic E-state index is 10.4. The molecule has 0 saturated heterocycles. The lowest BCUT2D eigenvalue weighted by Crippen LogP contribution is -2.43. The van der Waals surface area contributed by atoms with E-state index in [9.17, 15) is 10.2 Å². The fourth-order valence-corrected chi connectivity index (χ4v) is 2.53. The molecule has 1 aliphatic rings. The normalized spacial score (nSPS) is 28.2. The Hall–Kier alpha value is -1.06. The molecule has 18 heavy (non-hydrogen) atoms. The van der Waals surface area contributed by atoms with Crippen LogP contribution in [0.4, 0.5) is 0 Å². The first kappa shape index (κ1) is 13.4. The minimum atomic E-state index is -0.524. The van der Waals surface area contributed by atoms with E-state index in [0.29, 0.717) is 12.3 Å². The van der Waals surface area contributed by atoms with Gasteiger partial charge in [-0.1, -0.05) is 19.1 Å². The summed E-state index contributed by atoms with van der Waals surface area (Å²) >= 11 is 0. The van der Waals surface area contributed by atoms with E-state index in [-0.39, 0.29) is 0 Å². The first-order valence-corrected chi connectivity index (χ1v) is 6.78. The van der Waals surface area contributed by atoms with Crippen LogP contribution in [-0.4, -0.2) is 22.4 Å². The van der Waals surface area contributed by atoms with Gasteiger partial charge in [0.25, 0.3) is 0 Å². The predicted octanol–water partition coefficient (Wildman–Crippen LogP) is 2.42. The molecule has 0 unspecified atom stereocenters. The summed E-state index contributed by atoms with van der Waals surface area (Å²) in [6.07, 6.45) is 4.04. The van der Waals surface area contributed by atoms with Crippen molar-refractivity contribution >= 4 is 0 Å². The number of hydrogen-bond acceptors (Lipinski definition) is 3. The van der Waals surface area contributed by atoms with Gasteiger partial charge in [0.05, 0.1) is 5.60 Å². The van der Waals surface area contributed by atoms with E-state index < -0.39 is 5.60 Å². The number of rotatable bonds is 4. The molecule has 3 N–H and O–H groups in total. The van der Waals surface area contributed by atoms with Crippen LogP contribution in [0.2, 0.25) is 0 Å². The molecule has 0 aliphatic heterocycles. The van der Waals surface area contributed by atoms with Crippen LogP contribution in [0.5, 0.6) is 5.75 Å². The van der Waals surface area contributed by atoms with Crippen LogP contribution >= 0.6 is 0 Å². The number of phenolic OH excluding ortho intramolecular Hbond substituents is 1. The third kappa shape index (κ3) is 3.72. The van der Waals surface area contributed by atoms with Crippen molar-refractivity contribution in [3.63, 3.8) is 0 Å². The first-order valence-electron chi connectivity index (χ1n) is 6.78. The fourth-order valence-electron chi connectivity index (χ4n) is 2.53. The van der Waals surface area contributed by atoms with Crippen LogP contribution in [0.3, 0.4) is 0 Å². The van der Waals surface area contributed by atoms with Crippen LogP contribution in [0, 0.1) is 5.92 Å². The lowest BCUT2D eigenvalue weighted by molar-refractivity contribution is -0.00630. The SMILES string of the molecule is CC1CCC(O)(CNCc2ccc(O)cc2)CC1. The molecule has 2 rings (SSSR count). The molecule has 0 amide bonds. The van der Waals surface area contributed by atoms with E-state index in [1.54, 1.807) is 12.1 Å². The molecule has 0 spiro atoms. The molecule has 0 heterocycles. The highest BCUT2D eigenvalue weighted by molar-refractivity contribution is 5.25. The Labute approximate surface area is 109 Å². The average molecular weight is 249 g/mol. The quantitative estimate of drug-likeness (QED) is 0.768. The minimum absolute atomic E-state index is 0.290. The minimum Gasteiger partial charge on any atom is -0.508 e. The fraction of sp³-hybridized carbons (Fsp3) is 0.600. The summed E-state index contributed by atoms with van der Waals surface area (Å²) < 4.78 is 0. The third-order valence-electron chi connectivity index (χ3n) is 3.92. The molecule has 1 fully saturated rings. The number of hydrogen-bond donors (Lipinski definition) is 3. The Kier molecular flexibility index (Phi) is 4.25. The van der Waals surface area contributed by atoms with Crippen LogP contribution in [0.1, 0.15) is 38.2 Å². The molecule has 3 heteroatoms. The topological polar surface area (TPSA) is 52.5 Å². The zero-order valence-corrected chi connectivity index (χ0v) is 11.0. The zero-order chi connectivity index (χ0) is 13.0. The number of aromatic hydroxyl groups is 1. The monoisotopic (exact) mass is 249 g/mol. The van der Waals surface area contributed by atoms with Gasteiger partial charge in [-0.15, -0.1) is 0 Å². The first-order chi connectivity index (χ1) is 8.57. The second-order valence-electron chi connectivity index (χ2n) is 5.68. The van der Waals surface area contributed by atoms with Crippen molar-refractivity contribution in [3.05, 3.63) is 29.8 Å². The van der Waals surface area contributed by atoms with Gasteiger partial charge in [0.2, 0.25) is 0 Å². The van der Waals surface area contributed by atoms with Crippen molar-refractivity contribution in [1.82, 2.24) is 5.32 Å². The van der Waals surface area contributed by atoms with Crippen molar-refractivity contribution in [2.75, 3.05) is 6.54 Å². The molecular weight excluding hydrogens is 226 g/mol. The van der Waals surface area contributed by atoms with Crippen LogP contribution in [-0.2, 0) is 6.54 Å². The second kappa shape index (κ2) is 5.72. The molecule has 0 atom stereocenters. The van der Waals surface area contributed by atoms with Gasteiger partial charge in [-0.05, 0) is 49.3 Å². The van der Waals surface area contributed by atoms with Gasteiger partial charge in [0.15, 0.2) is 0 Å². The van der Waals surface area contributed by atoms with Gasteiger partial charge < -0.3 is 15.5 Å². The zero-order valence-electron chi connectivity index (χ0n) is 11.0. The van der Waals surface area contributed by atoms with E-state index in [1.807, 2.05) is 12.1 Å². The molecule has 1 saturated carbocycles. The summed E-state index contributed by atoms with van der Waals surface area (Å²) in [4.78, 5) is 0. The summed E-state index contributed by atoms with van der Waals surface area (Å²) in [6.45, 7) is 3.64. The molecule has 0 aromatic heterocycles. The Balaban J connectivity index is 1.76. The van der Waals surface area contributed by atoms with Gasteiger partial charge in [-0.2, -0.15) is 0 Å². The highest BCUT2D eigenvalue weighted by Crippen LogP contribution is 2.31. The number of nitrogens with one attached hydrogen (secondary N) is 1. The van der Waals surface area contributed by atoms with Crippen molar-refractivity contribution in [2.24, 2.45) is 5.92 Å². The van der Waals surface area contributed by atoms with E-state index in [4.69, 9.17) is 0 Å². The maximum Gasteiger partial charge on any atom is 0.115 e. The second-order valence-corrected chi connectivity index (χ2v) is 5.68. The summed E-state index contributed by atoms with van der Waals surface area (Å²) in [6, 6.07) is 7.17. The van der Waals surface area contributed by atoms with Gasteiger partial charge in [0.1, 0.15) is 5.75 Å². The van der Waals surface area contributed by atoms with E-state index >= 15 is 0 Å². The van der Waals surface area contributed by atoms with Crippen LogP contribution in [0.25, 0.3) is 0 Å². The smallest absolute Gasteiger partial charge is 0.115 e. The summed E-state index contributed by atoms with van der Waals surface area (Å²) in [5, 5.41) is 22.9. The molecule has 1 aromatic carbocycles. The molecule has 1 aliphatic carbocycles. The molecule has 1 aromatic rings. The average Bonchev–Trinajstić information content (AvgIpc) is 2.36. The third-order valence-corrected chi connectivity index (χ3v) is 3.92. The van der Waals surface area contributed by atoms with Crippen molar-refractivity contribution in [1.29, 1.82) is 0 Å². The lowest BCUT2D eigenvalue weighted by Gasteiger charge is -2.35. The van der Waals surface area contributed by atoms with Crippen LogP contribution < -0.4 is 5.32 Å². The standard InChI is InChI=1S/C15H23NO2/c1-12-6-8-15(18,9-7-12)11-16-10-13-2-4-14(17)5-3-13/h2-5,12,16-18H,6-11H2,1H3. The van der Waals surface area contributed by atoms with Crippen molar-refractivity contribution < 1.29 is 10.2 Å². The Morgan fingerprint density at radius 3 is 2.44 bits per heavy atom. The van der Waals surface area contributed by atoms with Gasteiger partial charge in [-0.3, -0.25) is 0 Å². The molecule has 0 bridgehead atoms. The van der Waals surface area contributed by atoms with Gasteiger partial charge >= 0.3 is 0 Å². The number of aliphatic hydroxyl groups is 1. The van der Waals surface area contributed by atoms with Gasteiger partial charge in [-0.25, -0.2) is 0 Å². The number of phenols is 1. The molecule has 3 nitrogen and oxygen atoms in total. The maximum absolute atomic E-state index is 10.4. The summed E-state index contributed by atoms with van der Waals surface area (Å²) in [5.41, 5.74) is 0.601. The summed E-state index contributed by atoms with van der Waals surface area (Å²) in [7, 11) is 0. The van der Waals surface area contributed by atoms with E-state index in [2.05, 4.69) is 12.2 Å². The van der Waals surface area contributed by atoms with Gasteiger partial charge in [0, 0.05) is 13.1 Å². The van der Waals surface area contributed by atoms with E-state index in [0.717, 1.165) is 43.7 Å². The van der Waals surface area contributed by atoms with Crippen LogP contribution in [0.15, 0.2) is 24.3 Å². The lowest BCUT2D eigenvalue weighted by atomic mass is 9.79. The largest absolute Gasteiger partial charge is 0.508 e. The van der Waals surface area contributed by atoms with Crippen molar-refractivity contribution in [3.8, 4) is 5.75 Å².